The second-order valence-corrected chi connectivity index (χ2v) is 4.25. The van der Waals surface area contributed by atoms with Gasteiger partial charge in [0.25, 0.3) is 0 Å². The molecule has 74 valence electrons. The van der Waals surface area contributed by atoms with Crippen LogP contribution in [0.3, 0.4) is 0 Å². The first-order chi connectivity index (χ1) is 6.33. The molecule has 0 fully saturated rings. The summed E-state index contributed by atoms with van der Waals surface area (Å²) in [6.45, 7) is 2.11. The molecule has 1 unspecified atom stereocenters. The van der Waals surface area contributed by atoms with E-state index in [0.29, 0.717) is 0 Å². The molecule has 1 aromatic heterocycles. The van der Waals surface area contributed by atoms with Gasteiger partial charge in [0.1, 0.15) is 0 Å². The highest BCUT2D eigenvalue weighted by Gasteiger charge is 2.02. The van der Waals surface area contributed by atoms with Crippen molar-refractivity contribution in [2.24, 2.45) is 0 Å². The van der Waals surface area contributed by atoms with Gasteiger partial charge in [-0.2, -0.15) is 11.3 Å². The van der Waals surface area contributed by atoms with E-state index in [1.807, 2.05) is 0 Å². The monoisotopic (exact) mass is 198 g/mol. The highest BCUT2D eigenvalue weighted by atomic mass is 32.1. The Labute approximate surface area is 84.4 Å². The molecule has 1 heterocycles. The molecular formula is C11H18OS. The molecule has 0 aliphatic heterocycles. The lowest BCUT2D eigenvalue weighted by molar-refractivity contribution is 0.151. The lowest BCUT2D eigenvalue weighted by Gasteiger charge is -2.07. The van der Waals surface area contributed by atoms with Crippen LogP contribution in [0.1, 0.15) is 38.2 Å². The van der Waals surface area contributed by atoms with Crippen molar-refractivity contribution in [3.63, 3.8) is 0 Å². The van der Waals surface area contributed by atoms with Gasteiger partial charge in [-0.05, 0) is 48.1 Å². The molecule has 0 amide bonds. The number of aliphatic hydroxyl groups excluding tert-OH is 1. The Morgan fingerprint density at radius 1 is 1.46 bits per heavy atom. The van der Waals surface area contributed by atoms with Gasteiger partial charge >= 0.3 is 0 Å². The van der Waals surface area contributed by atoms with Crippen molar-refractivity contribution in [1.29, 1.82) is 0 Å². The number of hydrogen-bond acceptors (Lipinski definition) is 2. The first kappa shape index (κ1) is 10.7. The van der Waals surface area contributed by atoms with Crippen molar-refractivity contribution < 1.29 is 5.11 Å². The Morgan fingerprint density at radius 2 is 2.31 bits per heavy atom. The fourth-order valence-corrected chi connectivity index (χ4v) is 2.16. The van der Waals surface area contributed by atoms with Crippen molar-refractivity contribution in [3.05, 3.63) is 22.4 Å². The highest BCUT2D eigenvalue weighted by Crippen LogP contribution is 2.12. The van der Waals surface area contributed by atoms with E-state index >= 15 is 0 Å². The van der Waals surface area contributed by atoms with Crippen molar-refractivity contribution in [2.75, 3.05) is 0 Å². The molecule has 0 spiro atoms. The lowest BCUT2D eigenvalue weighted by Crippen LogP contribution is -2.05. The summed E-state index contributed by atoms with van der Waals surface area (Å²) in [5.41, 5.74) is 1.41. The van der Waals surface area contributed by atoms with E-state index in [0.717, 1.165) is 32.1 Å². The second kappa shape index (κ2) is 6.17. The van der Waals surface area contributed by atoms with Gasteiger partial charge in [0.15, 0.2) is 0 Å². The molecule has 1 nitrogen and oxygen atoms in total. The second-order valence-electron chi connectivity index (χ2n) is 3.47. The molecule has 0 radical (unpaired) electrons. The Kier molecular flexibility index (Phi) is 5.09. The third-order valence-electron chi connectivity index (χ3n) is 2.20. The lowest BCUT2D eigenvalue weighted by atomic mass is 10.1. The van der Waals surface area contributed by atoms with Gasteiger partial charge in [0.2, 0.25) is 0 Å². The molecule has 1 N–H and O–H groups in total. The van der Waals surface area contributed by atoms with Crippen LogP contribution < -0.4 is 0 Å². The van der Waals surface area contributed by atoms with Crippen molar-refractivity contribution in [2.45, 2.75) is 45.1 Å². The van der Waals surface area contributed by atoms with Crippen LogP contribution in [0.5, 0.6) is 0 Å². The summed E-state index contributed by atoms with van der Waals surface area (Å²) < 4.78 is 0. The quantitative estimate of drug-likeness (QED) is 0.744. The number of rotatable bonds is 6. The van der Waals surface area contributed by atoms with Gasteiger partial charge in [-0.3, -0.25) is 0 Å². The molecular weight excluding hydrogens is 180 g/mol. The smallest absolute Gasteiger partial charge is 0.0540 e. The molecule has 0 aliphatic carbocycles. The minimum atomic E-state index is -0.0800. The molecule has 1 atom stereocenters. The Morgan fingerprint density at radius 3 is 2.92 bits per heavy atom. The molecule has 1 rings (SSSR count). The van der Waals surface area contributed by atoms with Gasteiger partial charge in [-0.1, -0.05) is 13.3 Å². The van der Waals surface area contributed by atoms with Crippen LogP contribution >= 0.6 is 11.3 Å². The summed E-state index contributed by atoms with van der Waals surface area (Å²) >= 11 is 1.75. The summed E-state index contributed by atoms with van der Waals surface area (Å²) in [5.74, 6) is 0. The molecule has 0 saturated heterocycles. The highest BCUT2D eigenvalue weighted by molar-refractivity contribution is 7.07. The zero-order valence-corrected chi connectivity index (χ0v) is 9.02. The van der Waals surface area contributed by atoms with Gasteiger partial charge < -0.3 is 5.11 Å². The van der Waals surface area contributed by atoms with Crippen LogP contribution in [0.2, 0.25) is 0 Å². The van der Waals surface area contributed by atoms with Crippen molar-refractivity contribution in [3.8, 4) is 0 Å². The Balaban J connectivity index is 2.07. The zero-order valence-electron chi connectivity index (χ0n) is 8.20. The molecule has 0 aliphatic rings. The molecule has 2 heteroatoms. The first-order valence-electron chi connectivity index (χ1n) is 5.02. The molecule has 0 aromatic carbocycles. The molecule has 1 aromatic rings. The fraction of sp³-hybridized carbons (Fsp3) is 0.636. The maximum absolute atomic E-state index is 9.48. The average Bonchev–Trinajstić information content (AvgIpc) is 2.57. The summed E-state index contributed by atoms with van der Waals surface area (Å²) in [6, 6.07) is 2.16. The van der Waals surface area contributed by atoms with Crippen LogP contribution in [0, 0.1) is 0 Å². The van der Waals surface area contributed by atoms with Crippen LogP contribution in [0.15, 0.2) is 16.8 Å². The normalized spacial score (nSPS) is 13.1. The van der Waals surface area contributed by atoms with E-state index in [-0.39, 0.29) is 6.10 Å². The maximum atomic E-state index is 9.48. The SMILES string of the molecule is CCCC(O)CCCc1ccsc1. The van der Waals surface area contributed by atoms with E-state index in [9.17, 15) is 5.11 Å². The number of thiophene rings is 1. The van der Waals surface area contributed by atoms with Gasteiger partial charge in [-0.15, -0.1) is 0 Å². The first-order valence-corrected chi connectivity index (χ1v) is 5.96. The van der Waals surface area contributed by atoms with Crippen LogP contribution in [0.4, 0.5) is 0 Å². The van der Waals surface area contributed by atoms with Crippen LogP contribution in [-0.4, -0.2) is 11.2 Å². The zero-order chi connectivity index (χ0) is 9.52. The summed E-state index contributed by atoms with van der Waals surface area (Å²) in [5, 5.41) is 13.8. The van der Waals surface area contributed by atoms with Gasteiger partial charge in [-0.25, -0.2) is 0 Å². The summed E-state index contributed by atoms with van der Waals surface area (Å²) in [4.78, 5) is 0. The van der Waals surface area contributed by atoms with E-state index in [4.69, 9.17) is 0 Å². The average molecular weight is 198 g/mol. The van der Waals surface area contributed by atoms with Gasteiger partial charge in [0, 0.05) is 0 Å². The largest absolute Gasteiger partial charge is 0.393 e. The number of aryl methyl sites for hydroxylation is 1. The Hall–Kier alpha value is -0.340. The van der Waals surface area contributed by atoms with Crippen molar-refractivity contribution >= 4 is 11.3 Å². The summed E-state index contributed by atoms with van der Waals surface area (Å²) in [7, 11) is 0. The Bertz CT molecular complexity index is 206. The third kappa shape index (κ3) is 4.44. The van der Waals surface area contributed by atoms with Gasteiger partial charge in [0.05, 0.1) is 6.10 Å². The van der Waals surface area contributed by atoms with E-state index < -0.39 is 0 Å². The van der Waals surface area contributed by atoms with Crippen LogP contribution in [0.25, 0.3) is 0 Å². The predicted octanol–water partition coefficient (Wildman–Crippen LogP) is 3.23. The molecule has 0 saturated carbocycles. The molecule has 0 bridgehead atoms. The van der Waals surface area contributed by atoms with E-state index in [1.165, 1.54) is 5.56 Å². The standard InChI is InChI=1S/C11H18OS/c1-2-4-11(12)6-3-5-10-7-8-13-9-10/h7-9,11-12H,2-6H2,1H3. The number of aliphatic hydroxyl groups is 1. The maximum Gasteiger partial charge on any atom is 0.0540 e. The number of hydrogen-bond donors (Lipinski definition) is 1. The minimum absolute atomic E-state index is 0.0800. The van der Waals surface area contributed by atoms with Crippen LogP contribution in [-0.2, 0) is 6.42 Å². The fourth-order valence-electron chi connectivity index (χ4n) is 1.45. The van der Waals surface area contributed by atoms with E-state index in [1.54, 1.807) is 11.3 Å². The topological polar surface area (TPSA) is 20.2 Å². The predicted molar refractivity (Wildman–Crippen MR) is 58.2 cm³/mol. The van der Waals surface area contributed by atoms with E-state index in [2.05, 4.69) is 23.8 Å². The minimum Gasteiger partial charge on any atom is -0.393 e. The third-order valence-corrected chi connectivity index (χ3v) is 2.94. The summed E-state index contributed by atoms with van der Waals surface area (Å²) in [6.07, 6.45) is 5.12. The molecule has 13 heavy (non-hydrogen) atoms. The van der Waals surface area contributed by atoms with Crippen molar-refractivity contribution in [1.82, 2.24) is 0 Å².